The molecule has 1 aliphatic heterocycles. The highest BCUT2D eigenvalue weighted by atomic mass is 35.5. The summed E-state index contributed by atoms with van der Waals surface area (Å²) in [5.74, 6) is -0.623. The number of halogens is 1. The van der Waals surface area contributed by atoms with E-state index in [1.54, 1.807) is 4.90 Å². The predicted molar refractivity (Wildman–Crippen MR) is 80.9 cm³/mol. The van der Waals surface area contributed by atoms with Crippen molar-refractivity contribution in [2.75, 3.05) is 19.6 Å². The Balaban J connectivity index is 1.93. The summed E-state index contributed by atoms with van der Waals surface area (Å²) >= 11 is 5.77. The molecule has 1 N–H and O–H groups in total. The number of benzene rings is 1. The van der Waals surface area contributed by atoms with Crippen molar-refractivity contribution < 1.29 is 14.5 Å². The van der Waals surface area contributed by atoms with E-state index in [-0.39, 0.29) is 35.1 Å². The topological polar surface area (TPSA) is 92.6 Å². The van der Waals surface area contributed by atoms with Crippen molar-refractivity contribution in [3.05, 3.63) is 38.9 Å². The summed E-state index contributed by atoms with van der Waals surface area (Å²) in [6.45, 7) is 1.65. The molecule has 0 spiro atoms. The molecule has 0 aromatic heterocycles. The van der Waals surface area contributed by atoms with Gasteiger partial charge in [-0.3, -0.25) is 19.7 Å². The molecular weight excluding hydrogens is 310 g/mol. The lowest BCUT2D eigenvalue weighted by atomic mass is 10.1. The number of nitrogens with zero attached hydrogens (tertiary/aromatic N) is 2. The first-order valence-electron chi connectivity index (χ1n) is 6.99. The zero-order valence-electron chi connectivity index (χ0n) is 11.9. The highest BCUT2D eigenvalue weighted by molar-refractivity contribution is 6.31. The SMILES string of the molecule is O=C(NCCC(=O)N1CCCC1)c1cc(Cl)ccc1[N+](=O)[O-]. The molecule has 0 unspecified atom stereocenters. The number of hydrogen-bond acceptors (Lipinski definition) is 4. The number of nitro benzene ring substituents is 1. The van der Waals surface area contributed by atoms with Crippen molar-refractivity contribution in [3.63, 3.8) is 0 Å². The van der Waals surface area contributed by atoms with Crippen LogP contribution in [0.25, 0.3) is 0 Å². The second kappa shape index (κ2) is 7.22. The number of carbonyl (C=O) groups is 2. The fraction of sp³-hybridized carbons (Fsp3) is 0.429. The molecule has 0 radical (unpaired) electrons. The minimum absolute atomic E-state index is 0.0154. The summed E-state index contributed by atoms with van der Waals surface area (Å²) in [6, 6.07) is 3.79. The van der Waals surface area contributed by atoms with Crippen molar-refractivity contribution in [3.8, 4) is 0 Å². The maximum atomic E-state index is 12.0. The van der Waals surface area contributed by atoms with Crippen LogP contribution in [0.2, 0.25) is 5.02 Å². The quantitative estimate of drug-likeness (QED) is 0.662. The summed E-state index contributed by atoms with van der Waals surface area (Å²) in [5.41, 5.74) is -0.418. The van der Waals surface area contributed by atoms with Gasteiger partial charge in [-0.2, -0.15) is 0 Å². The van der Waals surface area contributed by atoms with Gasteiger partial charge in [0.15, 0.2) is 0 Å². The number of nitrogens with one attached hydrogen (secondary N) is 1. The molecule has 8 heteroatoms. The third-order valence-corrected chi connectivity index (χ3v) is 3.72. The average Bonchev–Trinajstić information content (AvgIpc) is 3.00. The highest BCUT2D eigenvalue weighted by Gasteiger charge is 2.21. The normalized spacial score (nSPS) is 14.0. The Labute approximate surface area is 132 Å². The maximum Gasteiger partial charge on any atom is 0.282 e. The van der Waals surface area contributed by atoms with E-state index < -0.39 is 10.8 Å². The fourth-order valence-corrected chi connectivity index (χ4v) is 2.52. The van der Waals surface area contributed by atoms with Crippen LogP contribution in [-0.4, -0.2) is 41.3 Å². The van der Waals surface area contributed by atoms with Gasteiger partial charge in [0.1, 0.15) is 5.56 Å². The van der Waals surface area contributed by atoms with E-state index in [9.17, 15) is 19.7 Å². The van der Waals surface area contributed by atoms with Crippen LogP contribution in [0.5, 0.6) is 0 Å². The van der Waals surface area contributed by atoms with Gasteiger partial charge < -0.3 is 10.2 Å². The number of likely N-dealkylation sites (tertiary alicyclic amines) is 1. The molecule has 0 aliphatic carbocycles. The van der Waals surface area contributed by atoms with Crippen LogP contribution in [0.15, 0.2) is 18.2 Å². The molecule has 0 bridgehead atoms. The zero-order valence-corrected chi connectivity index (χ0v) is 12.6. The molecule has 2 rings (SSSR count). The van der Waals surface area contributed by atoms with E-state index in [1.165, 1.54) is 18.2 Å². The Kier molecular flexibility index (Phi) is 5.32. The molecule has 1 aliphatic rings. The van der Waals surface area contributed by atoms with Crippen molar-refractivity contribution >= 4 is 29.1 Å². The molecule has 1 saturated heterocycles. The van der Waals surface area contributed by atoms with E-state index >= 15 is 0 Å². The summed E-state index contributed by atoms with van der Waals surface area (Å²) in [5, 5.41) is 13.7. The Morgan fingerprint density at radius 1 is 1.32 bits per heavy atom. The van der Waals surface area contributed by atoms with Gasteiger partial charge in [-0.15, -0.1) is 0 Å². The van der Waals surface area contributed by atoms with E-state index in [1.807, 2.05) is 0 Å². The minimum Gasteiger partial charge on any atom is -0.351 e. The van der Waals surface area contributed by atoms with Gasteiger partial charge in [0.2, 0.25) is 5.91 Å². The largest absolute Gasteiger partial charge is 0.351 e. The number of hydrogen-bond donors (Lipinski definition) is 1. The number of nitro groups is 1. The van der Waals surface area contributed by atoms with Gasteiger partial charge in [-0.25, -0.2) is 0 Å². The van der Waals surface area contributed by atoms with Gasteiger partial charge in [-0.05, 0) is 25.0 Å². The van der Waals surface area contributed by atoms with Crippen molar-refractivity contribution in [1.29, 1.82) is 0 Å². The third kappa shape index (κ3) is 3.94. The first-order valence-corrected chi connectivity index (χ1v) is 7.37. The molecule has 0 atom stereocenters. The van der Waals surface area contributed by atoms with Gasteiger partial charge >= 0.3 is 0 Å². The van der Waals surface area contributed by atoms with Crippen LogP contribution < -0.4 is 5.32 Å². The van der Waals surface area contributed by atoms with Crippen molar-refractivity contribution in [2.24, 2.45) is 0 Å². The molecule has 7 nitrogen and oxygen atoms in total. The monoisotopic (exact) mass is 325 g/mol. The highest BCUT2D eigenvalue weighted by Crippen LogP contribution is 2.22. The minimum atomic E-state index is -0.638. The Morgan fingerprint density at radius 2 is 2.00 bits per heavy atom. The Bertz CT molecular complexity index is 600. The molecule has 2 amide bonds. The number of amides is 2. The van der Waals surface area contributed by atoms with Crippen LogP contribution in [0, 0.1) is 10.1 Å². The zero-order chi connectivity index (χ0) is 16.1. The first kappa shape index (κ1) is 16.2. The van der Waals surface area contributed by atoms with Gasteiger partial charge in [0.05, 0.1) is 4.92 Å². The molecular formula is C14H16ClN3O4. The molecule has 1 fully saturated rings. The van der Waals surface area contributed by atoms with Crippen LogP contribution >= 0.6 is 11.6 Å². The lowest BCUT2D eigenvalue weighted by Crippen LogP contribution is -2.32. The lowest BCUT2D eigenvalue weighted by molar-refractivity contribution is -0.385. The first-order chi connectivity index (χ1) is 10.5. The smallest absolute Gasteiger partial charge is 0.282 e. The van der Waals surface area contributed by atoms with Crippen LogP contribution in [0.1, 0.15) is 29.6 Å². The summed E-state index contributed by atoms with van der Waals surface area (Å²) in [7, 11) is 0. The molecule has 1 aromatic rings. The van der Waals surface area contributed by atoms with Crippen LogP contribution in [0.4, 0.5) is 5.69 Å². The molecule has 1 heterocycles. The average molecular weight is 326 g/mol. The molecule has 0 saturated carbocycles. The molecule has 1 aromatic carbocycles. The van der Waals surface area contributed by atoms with Gasteiger partial charge in [-0.1, -0.05) is 11.6 Å². The maximum absolute atomic E-state index is 12.0. The van der Waals surface area contributed by atoms with E-state index in [2.05, 4.69) is 5.32 Å². The van der Waals surface area contributed by atoms with Crippen LogP contribution in [0.3, 0.4) is 0 Å². The predicted octanol–water partition coefficient (Wildman–Crippen LogP) is 1.99. The van der Waals surface area contributed by atoms with E-state index in [4.69, 9.17) is 11.6 Å². The van der Waals surface area contributed by atoms with E-state index in [0.717, 1.165) is 25.9 Å². The molecule has 22 heavy (non-hydrogen) atoms. The molecule has 118 valence electrons. The lowest BCUT2D eigenvalue weighted by Gasteiger charge is -2.15. The van der Waals surface area contributed by atoms with Crippen LogP contribution in [-0.2, 0) is 4.79 Å². The second-order valence-electron chi connectivity index (χ2n) is 5.01. The third-order valence-electron chi connectivity index (χ3n) is 3.48. The summed E-state index contributed by atoms with van der Waals surface area (Å²) in [4.78, 5) is 35.9. The summed E-state index contributed by atoms with van der Waals surface area (Å²) in [6.07, 6.45) is 2.19. The van der Waals surface area contributed by atoms with Gasteiger partial charge in [0, 0.05) is 37.1 Å². The standard InChI is InChI=1S/C14H16ClN3O4/c15-10-3-4-12(18(21)22)11(9-10)14(20)16-6-5-13(19)17-7-1-2-8-17/h3-4,9H,1-2,5-8H2,(H,16,20). The Morgan fingerprint density at radius 3 is 2.64 bits per heavy atom. The number of carbonyl (C=O) groups excluding carboxylic acids is 2. The second-order valence-corrected chi connectivity index (χ2v) is 5.45. The fourth-order valence-electron chi connectivity index (χ4n) is 2.35. The van der Waals surface area contributed by atoms with Crippen molar-refractivity contribution in [2.45, 2.75) is 19.3 Å². The number of rotatable bonds is 5. The van der Waals surface area contributed by atoms with E-state index in [0.29, 0.717) is 0 Å². The van der Waals surface area contributed by atoms with Gasteiger partial charge in [0.25, 0.3) is 11.6 Å². The summed E-state index contributed by atoms with van der Waals surface area (Å²) < 4.78 is 0. The van der Waals surface area contributed by atoms with Crippen molar-refractivity contribution in [1.82, 2.24) is 10.2 Å². The Hall–Kier alpha value is -2.15.